The predicted octanol–water partition coefficient (Wildman–Crippen LogP) is 8.78. The number of carbonyl (C=O) groups excluding carboxylic acids is 3. The second-order valence-corrected chi connectivity index (χ2v) is 12.2. The van der Waals surface area contributed by atoms with Crippen LogP contribution < -0.4 is 16.0 Å². The molecule has 0 saturated carbocycles. The van der Waals surface area contributed by atoms with E-state index in [0.29, 0.717) is 27.5 Å². The number of hydrogen-bond donors (Lipinski definition) is 3. The summed E-state index contributed by atoms with van der Waals surface area (Å²) in [6, 6.07) is 35.1. The first-order chi connectivity index (χ1) is 23.2. The van der Waals surface area contributed by atoms with Gasteiger partial charge in [-0.25, -0.2) is 0 Å². The smallest absolute Gasteiger partial charge is 0.272 e. The number of nitrogens with one attached hydrogen (secondary N) is 3. The number of carbonyl (C=O) groups is 3. The third-order valence-electron chi connectivity index (χ3n) is 6.86. The minimum Gasteiger partial charge on any atom is -0.323 e. The molecule has 0 aromatic heterocycles. The SMILES string of the molecule is O=C(Nc1ccc(SC(C(=O)Nc2cccc(Cl)c2Cl)c2ccccc2)cc1)/C(=C/c1ccc([N+](=O)[O-])cc1)NC(=O)c1ccccc1. The lowest BCUT2D eigenvalue weighted by Gasteiger charge is -2.18. The Morgan fingerprint density at radius 3 is 2.04 bits per heavy atom. The molecule has 9 nitrogen and oxygen atoms in total. The highest BCUT2D eigenvalue weighted by atomic mass is 35.5. The number of nitro groups is 1. The quantitative estimate of drug-likeness (QED) is 0.0548. The molecule has 0 radical (unpaired) electrons. The van der Waals surface area contributed by atoms with Crippen molar-refractivity contribution >= 4 is 75.8 Å². The van der Waals surface area contributed by atoms with Gasteiger partial charge in [0.1, 0.15) is 10.9 Å². The van der Waals surface area contributed by atoms with E-state index in [9.17, 15) is 24.5 Å². The molecule has 48 heavy (non-hydrogen) atoms. The minimum absolute atomic E-state index is 0.0725. The zero-order valence-corrected chi connectivity index (χ0v) is 27.3. The van der Waals surface area contributed by atoms with E-state index in [0.717, 1.165) is 10.5 Å². The van der Waals surface area contributed by atoms with Crippen molar-refractivity contribution in [1.29, 1.82) is 0 Å². The Balaban J connectivity index is 1.34. The summed E-state index contributed by atoms with van der Waals surface area (Å²) >= 11 is 13.8. The number of rotatable bonds is 11. The number of nitrogens with zero attached hydrogens (tertiary/aromatic N) is 1. The van der Waals surface area contributed by atoms with Gasteiger partial charge in [-0.3, -0.25) is 24.5 Å². The molecule has 0 aliphatic rings. The van der Waals surface area contributed by atoms with E-state index in [-0.39, 0.29) is 22.3 Å². The van der Waals surface area contributed by atoms with E-state index < -0.39 is 22.0 Å². The fraction of sp³-hybridized carbons (Fsp3) is 0.0278. The maximum Gasteiger partial charge on any atom is 0.272 e. The van der Waals surface area contributed by atoms with E-state index in [4.69, 9.17) is 23.2 Å². The minimum atomic E-state index is -0.647. The molecule has 5 aromatic carbocycles. The largest absolute Gasteiger partial charge is 0.323 e. The molecule has 0 fully saturated rings. The van der Waals surface area contributed by atoms with Crippen molar-refractivity contribution in [1.82, 2.24) is 5.32 Å². The van der Waals surface area contributed by atoms with Crippen LogP contribution >= 0.6 is 35.0 Å². The summed E-state index contributed by atoms with van der Waals surface area (Å²) in [6.45, 7) is 0. The van der Waals surface area contributed by atoms with E-state index in [1.165, 1.54) is 42.1 Å². The number of non-ortho nitro benzene ring substituents is 1. The summed E-state index contributed by atoms with van der Waals surface area (Å²) in [7, 11) is 0. The van der Waals surface area contributed by atoms with Crippen molar-refractivity contribution in [3.8, 4) is 0 Å². The molecular formula is C36H26Cl2N4O5S. The lowest BCUT2D eigenvalue weighted by Crippen LogP contribution is -2.30. The number of nitro benzene ring substituents is 1. The standard InChI is InChI=1S/C36H26Cl2N4O5S/c37-29-12-7-13-30(32(29)38)40-36(45)33(24-8-3-1-4-9-24)48-28-20-16-26(17-21-28)39-35(44)31(41-34(43)25-10-5-2-6-11-25)22-23-14-18-27(19-15-23)42(46)47/h1-22,33H,(H,39,44)(H,40,45)(H,41,43)/b31-22-. The molecule has 0 bridgehead atoms. The van der Waals surface area contributed by atoms with Gasteiger partial charge in [0.2, 0.25) is 5.91 Å². The first-order valence-electron chi connectivity index (χ1n) is 14.4. The predicted molar refractivity (Wildman–Crippen MR) is 190 cm³/mol. The van der Waals surface area contributed by atoms with Gasteiger partial charge in [0.15, 0.2) is 0 Å². The van der Waals surface area contributed by atoms with Crippen molar-refractivity contribution < 1.29 is 19.3 Å². The molecule has 0 saturated heterocycles. The number of benzene rings is 5. The maximum absolute atomic E-state index is 13.5. The molecule has 3 N–H and O–H groups in total. The first-order valence-corrected chi connectivity index (χ1v) is 16.0. The van der Waals surface area contributed by atoms with Crippen LogP contribution in [0.3, 0.4) is 0 Å². The van der Waals surface area contributed by atoms with E-state index in [1.54, 1.807) is 72.8 Å². The number of anilines is 2. The zero-order valence-electron chi connectivity index (χ0n) is 24.9. The second kappa shape index (κ2) is 15.9. The Labute approximate surface area is 290 Å². The van der Waals surface area contributed by atoms with E-state index >= 15 is 0 Å². The Kier molecular flexibility index (Phi) is 11.3. The van der Waals surface area contributed by atoms with Crippen LogP contribution in [-0.4, -0.2) is 22.6 Å². The van der Waals surface area contributed by atoms with Crippen LogP contribution in [0.25, 0.3) is 6.08 Å². The highest BCUT2D eigenvalue weighted by Gasteiger charge is 2.23. The van der Waals surface area contributed by atoms with E-state index in [1.807, 2.05) is 30.3 Å². The molecule has 3 amide bonds. The topological polar surface area (TPSA) is 130 Å². The van der Waals surface area contributed by atoms with Crippen molar-refractivity contribution in [3.63, 3.8) is 0 Å². The Morgan fingerprint density at radius 2 is 1.40 bits per heavy atom. The number of halogens is 2. The van der Waals surface area contributed by atoms with Gasteiger partial charge < -0.3 is 16.0 Å². The summed E-state index contributed by atoms with van der Waals surface area (Å²) in [5.41, 5.74) is 2.23. The van der Waals surface area contributed by atoms with Gasteiger partial charge in [0.05, 0.1) is 20.7 Å². The molecule has 1 atom stereocenters. The molecule has 12 heteroatoms. The fourth-order valence-corrected chi connectivity index (χ4v) is 5.82. The highest BCUT2D eigenvalue weighted by molar-refractivity contribution is 8.00. The van der Waals surface area contributed by atoms with Gasteiger partial charge >= 0.3 is 0 Å². The Bertz CT molecular complexity index is 1970. The van der Waals surface area contributed by atoms with Gasteiger partial charge in [-0.1, -0.05) is 77.8 Å². The highest BCUT2D eigenvalue weighted by Crippen LogP contribution is 2.38. The molecule has 0 aliphatic heterocycles. The number of thioether (sulfide) groups is 1. The van der Waals surface area contributed by atoms with Gasteiger partial charge in [-0.05, 0) is 77.9 Å². The number of hydrogen-bond acceptors (Lipinski definition) is 6. The molecule has 0 spiro atoms. The second-order valence-electron chi connectivity index (χ2n) is 10.2. The maximum atomic E-state index is 13.5. The molecular weight excluding hydrogens is 671 g/mol. The molecule has 0 heterocycles. The molecule has 5 aromatic rings. The normalized spacial score (nSPS) is 11.7. The summed E-state index contributed by atoms with van der Waals surface area (Å²) in [5.74, 6) is -1.42. The fourth-order valence-electron chi connectivity index (χ4n) is 4.45. The van der Waals surface area contributed by atoms with Crippen LogP contribution in [0.4, 0.5) is 17.1 Å². The Hall–Kier alpha value is -5.42. The van der Waals surface area contributed by atoms with Crippen LogP contribution in [0, 0.1) is 10.1 Å². The summed E-state index contributed by atoms with van der Waals surface area (Å²) in [4.78, 5) is 51.2. The third-order valence-corrected chi connectivity index (χ3v) is 8.94. The van der Waals surface area contributed by atoms with Gasteiger partial charge in [0, 0.05) is 28.3 Å². The Morgan fingerprint density at radius 1 is 0.750 bits per heavy atom. The lowest BCUT2D eigenvalue weighted by atomic mass is 10.1. The van der Waals surface area contributed by atoms with Crippen LogP contribution in [0.15, 0.2) is 138 Å². The summed E-state index contributed by atoms with van der Waals surface area (Å²) in [6.07, 6.45) is 1.43. The van der Waals surface area contributed by atoms with Gasteiger partial charge in [0.25, 0.3) is 17.5 Å². The zero-order chi connectivity index (χ0) is 34.0. The third kappa shape index (κ3) is 8.89. The summed E-state index contributed by atoms with van der Waals surface area (Å²) in [5, 5.41) is 19.3. The first kappa shape index (κ1) is 33.9. The average Bonchev–Trinajstić information content (AvgIpc) is 3.10. The van der Waals surface area contributed by atoms with Gasteiger partial charge in [-0.15, -0.1) is 11.8 Å². The van der Waals surface area contributed by atoms with Crippen LogP contribution in [0.2, 0.25) is 10.0 Å². The van der Waals surface area contributed by atoms with Crippen molar-refractivity contribution in [2.45, 2.75) is 10.1 Å². The van der Waals surface area contributed by atoms with Crippen molar-refractivity contribution in [3.05, 3.63) is 170 Å². The average molecular weight is 698 g/mol. The van der Waals surface area contributed by atoms with Crippen LogP contribution in [0.1, 0.15) is 26.7 Å². The summed E-state index contributed by atoms with van der Waals surface area (Å²) < 4.78 is 0. The molecule has 5 rings (SSSR count). The lowest BCUT2D eigenvalue weighted by molar-refractivity contribution is -0.384. The van der Waals surface area contributed by atoms with E-state index in [2.05, 4.69) is 16.0 Å². The van der Waals surface area contributed by atoms with Crippen molar-refractivity contribution in [2.75, 3.05) is 10.6 Å². The van der Waals surface area contributed by atoms with Crippen molar-refractivity contribution in [2.24, 2.45) is 0 Å². The van der Waals surface area contributed by atoms with Crippen LogP contribution in [0.5, 0.6) is 0 Å². The monoisotopic (exact) mass is 696 g/mol. The van der Waals surface area contributed by atoms with Gasteiger partial charge in [-0.2, -0.15) is 0 Å². The number of amides is 3. The molecule has 240 valence electrons. The van der Waals surface area contributed by atoms with Crippen LogP contribution in [-0.2, 0) is 9.59 Å². The molecule has 0 aliphatic carbocycles. The molecule has 1 unspecified atom stereocenters.